The molecule has 0 atom stereocenters. The van der Waals surface area contributed by atoms with Crippen LogP contribution in [0.2, 0.25) is 0 Å². The maximum absolute atomic E-state index is 4.11. The van der Waals surface area contributed by atoms with Crippen molar-refractivity contribution in [3.05, 3.63) is 12.2 Å². The molecule has 0 aliphatic rings. The van der Waals surface area contributed by atoms with Crippen molar-refractivity contribution < 1.29 is 0 Å². The Morgan fingerprint density at radius 2 is 1.93 bits per heavy atom. The van der Waals surface area contributed by atoms with Crippen LogP contribution in [-0.2, 0) is 0 Å². The van der Waals surface area contributed by atoms with Gasteiger partial charge in [-0.1, -0.05) is 27.4 Å². The molecule has 0 aromatic carbocycles. The Morgan fingerprint density at radius 3 is 2.33 bits per heavy atom. The lowest BCUT2D eigenvalue weighted by Crippen LogP contribution is -2.42. The van der Waals surface area contributed by atoms with Gasteiger partial charge in [-0.3, -0.25) is 4.90 Å². The summed E-state index contributed by atoms with van der Waals surface area (Å²) in [6.07, 6.45) is 1.16. The molecule has 0 amide bonds. The molecule has 0 heterocycles. The van der Waals surface area contributed by atoms with Crippen LogP contribution in [0.25, 0.3) is 0 Å². The van der Waals surface area contributed by atoms with E-state index in [1.165, 1.54) is 5.57 Å². The SMILES string of the molecule is C=C(CNC(C)C)CN(C)C(C)(C)CC. The number of nitrogens with one attached hydrogen (secondary N) is 1. The maximum Gasteiger partial charge on any atom is 0.0205 e. The molecule has 0 fully saturated rings. The van der Waals surface area contributed by atoms with Crippen molar-refractivity contribution in [2.24, 2.45) is 0 Å². The molecule has 0 saturated heterocycles. The van der Waals surface area contributed by atoms with Gasteiger partial charge in [-0.25, -0.2) is 0 Å². The zero-order valence-corrected chi connectivity index (χ0v) is 11.4. The number of rotatable bonds is 7. The van der Waals surface area contributed by atoms with E-state index >= 15 is 0 Å². The highest BCUT2D eigenvalue weighted by molar-refractivity contribution is 5.01. The third kappa shape index (κ3) is 5.95. The van der Waals surface area contributed by atoms with Crippen LogP contribution in [-0.4, -0.2) is 36.6 Å². The van der Waals surface area contributed by atoms with Gasteiger partial charge in [0.25, 0.3) is 0 Å². The number of hydrogen-bond donors (Lipinski definition) is 1. The second-order valence-electron chi connectivity index (χ2n) is 5.31. The number of hydrogen-bond acceptors (Lipinski definition) is 2. The molecule has 0 spiro atoms. The van der Waals surface area contributed by atoms with E-state index < -0.39 is 0 Å². The first-order valence-corrected chi connectivity index (χ1v) is 5.91. The van der Waals surface area contributed by atoms with Gasteiger partial charge in [0.1, 0.15) is 0 Å². The lowest BCUT2D eigenvalue weighted by atomic mass is 9.99. The molecule has 0 saturated carbocycles. The van der Waals surface area contributed by atoms with Gasteiger partial charge in [0, 0.05) is 24.7 Å². The first-order chi connectivity index (χ1) is 6.79. The van der Waals surface area contributed by atoms with Gasteiger partial charge in [-0.2, -0.15) is 0 Å². The minimum atomic E-state index is 0.265. The van der Waals surface area contributed by atoms with Gasteiger partial charge >= 0.3 is 0 Å². The van der Waals surface area contributed by atoms with Crippen LogP contribution in [0.4, 0.5) is 0 Å². The molecule has 2 heteroatoms. The van der Waals surface area contributed by atoms with Crippen LogP contribution in [0.1, 0.15) is 41.0 Å². The van der Waals surface area contributed by atoms with E-state index in [-0.39, 0.29) is 5.54 Å². The Balaban J connectivity index is 3.96. The molecule has 0 radical (unpaired) electrons. The van der Waals surface area contributed by atoms with Crippen LogP contribution in [0.3, 0.4) is 0 Å². The summed E-state index contributed by atoms with van der Waals surface area (Å²) in [5.41, 5.74) is 1.52. The third-order valence-corrected chi connectivity index (χ3v) is 3.12. The van der Waals surface area contributed by atoms with Crippen molar-refractivity contribution in [1.29, 1.82) is 0 Å². The minimum Gasteiger partial charge on any atom is -0.311 e. The first kappa shape index (κ1) is 14.7. The standard InChI is InChI=1S/C13H28N2/c1-8-13(5,6)15(7)10-12(4)9-14-11(2)3/h11,14H,4,8-10H2,1-3,5-7H3. The summed E-state index contributed by atoms with van der Waals surface area (Å²) in [5, 5.41) is 3.39. The Kier molecular flexibility index (Phi) is 6.15. The second-order valence-corrected chi connectivity index (χ2v) is 5.31. The Hall–Kier alpha value is -0.340. The van der Waals surface area contributed by atoms with E-state index in [1.807, 2.05) is 0 Å². The van der Waals surface area contributed by atoms with E-state index in [4.69, 9.17) is 0 Å². The molecule has 2 nitrogen and oxygen atoms in total. The molecule has 0 aliphatic heterocycles. The molecule has 90 valence electrons. The van der Waals surface area contributed by atoms with Crippen molar-refractivity contribution in [2.45, 2.75) is 52.6 Å². The summed E-state index contributed by atoms with van der Waals surface area (Å²) in [6.45, 7) is 17.1. The predicted molar refractivity (Wildman–Crippen MR) is 69.3 cm³/mol. The monoisotopic (exact) mass is 212 g/mol. The van der Waals surface area contributed by atoms with E-state index in [0.717, 1.165) is 19.5 Å². The molecule has 0 rings (SSSR count). The molecule has 0 bridgehead atoms. The quantitative estimate of drug-likeness (QED) is 0.653. The van der Waals surface area contributed by atoms with Gasteiger partial charge in [0.15, 0.2) is 0 Å². The minimum absolute atomic E-state index is 0.265. The highest BCUT2D eigenvalue weighted by Crippen LogP contribution is 2.16. The normalized spacial score (nSPS) is 12.5. The lowest BCUT2D eigenvalue weighted by molar-refractivity contribution is 0.164. The van der Waals surface area contributed by atoms with Gasteiger partial charge < -0.3 is 5.32 Å². The molecule has 1 N–H and O–H groups in total. The van der Waals surface area contributed by atoms with Crippen molar-refractivity contribution in [3.63, 3.8) is 0 Å². The van der Waals surface area contributed by atoms with E-state index in [0.29, 0.717) is 6.04 Å². The topological polar surface area (TPSA) is 15.3 Å². The average molecular weight is 212 g/mol. The van der Waals surface area contributed by atoms with Crippen LogP contribution in [0.15, 0.2) is 12.2 Å². The number of likely N-dealkylation sites (N-methyl/N-ethyl adjacent to an activating group) is 1. The fourth-order valence-electron chi connectivity index (χ4n) is 1.22. The van der Waals surface area contributed by atoms with Crippen molar-refractivity contribution in [1.82, 2.24) is 10.2 Å². The van der Waals surface area contributed by atoms with Gasteiger partial charge in [0.2, 0.25) is 0 Å². The smallest absolute Gasteiger partial charge is 0.0205 e. The zero-order valence-electron chi connectivity index (χ0n) is 11.4. The van der Waals surface area contributed by atoms with E-state index in [2.05, 4.69) is 58.5 Å². The highest BCUT2D eigenvalue weighted by Gasteiger charge is 2.20. The molecule has 0 unspecified atom stereocenters. The summed E-state index contributed by atoms with van der Waals surface area (Å²) in [6, 6.07) is 0.534. The molecule has 0 aromatic heterocycles. The highest BCUT2D eigenvalue weighted by atomic mass is 15.2. The maximum atomic E-state index is 4.11. The third-order valence-electron chi connectivity index (χ3n) is 3.12. The zero-order chi connectivity index (χ0) is 12.1. The van der Waals surface area contributed by atoms with Crippen molar-refractivity contribution in [3.8, 4) is 0 Å². The predicted octanol–water partition coefficient (Wildman–Crippen LogP) is 2.66. The summed E-state index contributed by atoms with van der Waals surface area (Å²) in [5.74, 6) is 0. The number of nitrogens with zero attached hydrogens (tertiary/aromatic N) is 1. The summed E-state index contributed by atoms with van der Waals surface area (Å²) >= 11 is 0. The Bertz CT molecular complexity index is 195. The molecule has 0 aromatic rings. The molecular weight excluding hydrogens is 184 g/mol. The fraction of sp³-hybridized carbons (Fsp3) is 0.846. The Morgan fingerprint density at radius 1 is 1.40 bits per heavy atom. The van der Waals surface area contributed by atoms with Crippen molar-refractivity contribution >= 4 is 0 Å². The van der Waals surface area contributed by atoms with E-state index in [9.17, 15) is 0 Å². The van der Waals surface area contributed by atoms with Crippen LogP contribution in [0, 0.1) is 0 Å². The summed E-state index contributed by atoms with van der Waals surface area (Å²) < 4.78 is 0. The fourth-order valence-corrected chi connectivity index (χ4v) is 1.22. The molecular formula is C13H28N2. The van der Waals surface area contributed by atoms with Gasteiger partial charge in [-0.15, -0.1) is 0 Å². The largest absolute Gasteiger partial charge is 0.311 e. The Labute approximate surface area is 95.7 Å². The van der Waals surface area contributed by atoms with Crippen molar-refractivity contribution in [2.75, 3.05) is 20.1 Å². The van der Waals surface area contributed by atoms with Crippen LogP contribution < -0.4 is 5.32 Å². The van der Waals surface area contributed by atoms with Gasteiger partial charge in [-0.05, 0) is 32.9 Å². The first-order valence-electron chi connectivity index (χ1n) is 5.91. The second kappa shape index (κ2) is 6.29. The average Bonchev–Trinajstić information content (AvgIpc) is 2.14. The summed E-state index contributed by atoms with van der Waals surface area (Å²) in [4.78, 5) is 2.37. The van der Waals surface area contributed by atoms with Crippen LogP contribution in [0.5, 0.6) is 0 Å². The lowest BCUT2D eigenvalue weighted by Gasteiger charge is -2.35. The molecule has 0 aliphatic carbocycles. The van der Waals surface area contributed by atoms with Gasteiger partial charge in [0.05, 0.1) is 0 Å². The van der Waals surface area contributed by atoms with Crippen LogP contribution >= 0.6 is 0 Å². The van der Waals surface area contributed by atoms with E-state index in [1.54, 1.807) is 0 Å². The molecule has 15 heavy (non-hydrogen) atoms. The summed E-state index contributed by atoms with van der Waals surface area (Å²) in [7, 11) is 2.17.